The zero-order valence-electron chi connectivity index (χ0n) is 12.4. The van der Waals surface area contributed by atoms with Gasteiger partial charge in [0.25, 0.3) is 0 Å². The van der Waals surface area contributed by atoms with Gasteiger partial charge in [0.2, 0.25) is 5.91 Å². The van der Waals surface area contributed by atoms with Crippen LogP contribution in [0.1, 0.15) is 39.0 Å². The van der Waals surface area contributed by atoms with Crippen LogP contribution < -0.4 is 0 Å². The first-order chi connectivity index (χ1) is 9.56. The molecule has 1 unspecified atom stereocenters. The molecule has 0 radical (unpaired) electrons. The highest BCUT2D eigenvalue weighted by Crippen LogP contribution is 2.39. The largest absolute Gasteiger partial charge is 0.481 e. The first-order valence-electron chi connectivity index (χ1n) is 7.61. The fraction of sp³-hybridized carbons (Fsp3) is 0.867. The van der Waals surface area contributed by atoms with Crippen molar-refractivity contribution in [3.63, 3.8) is 0 Å². The maximum atomic E-state index is 12.6. The van der Waals surface area contributed by atoms with E-state index in [1.807, 2.05) is 4.90 Å². The number of methoxy groups -OCH3 is 1. The summed E-state index contributed by atoms with van der Waals surface area (Å²) in [5, 5.41) is 9.33. The van der Waals surface area contributed by atoms with Crippen molar-refractivity contribution in [1.29, 1.82) is 0 Å². The Balaban J connectivity index is 1.99. The van der Waals surface area contributed by atoms with E-state index >= 15 is 0 Å². The SMILES string of the molecule is CCC1C[C@H](C(=O)N2CCC(OC)CC2)[C@H](C(=O)O)C1. The predicted molar refractivity (Wildman–Crippen MR) is 74.2 cm³/mol. The van der Waals surface area contributed by atoms with Crippen LogP contribution in [0.15, 0.2) is 0 Å². The van der Waals surface area contributed by atoms with E-state index < -0.39 is 11.9 Å². The zero-order chi connectivity index (χ0) is 14.7. The van der Waals surface area contributed by atoms with Crippen molar-refractivity contribution in [3.8, 4) is 0 Å². The minimum absolute atomic E-state index is 0.0444. The van der Waals surface area contributed by atoms with Gasteiger partial charge in [0.15, 0.2) is 0 Å². The van der Waals surface area contributed by atoms with Gasteiger partial charge < -0.3 is 14.7 Å². The van der Waals surface area contributed by atoms with Gasteiger partial charge >= 0.3 is 5.97 Å². The van der Waals surface area contributed by atoms with E-state index in [-0.39, 0.29) is 17.9 Å². The number of amides is 1. The molecule has 3 atom stereocenters. The van der Waals surface area contributed by atoms with Crippen molar-refractivity contribution in [2.45, 2.75) is 45.1 Å². The van der Waals surface area contributed by atoms with Crippen LogP contribution >= 0.6 is 0 Å². The molecular formula is C15H25NO4. The molecule has 2 aliphatic rings. The smallest absolute Gasteiger partial charge is 0.307 e. The summed E-state index contributed by atoms with van der Waals surface area (Å²) in [6, 6.07) is 0. The highest BCUT2D eigenvalue weighted by atomic mass is 16.5. The summed E-state index contributed by atoms with van der Waals surface area (Å²) in [5.74, 6) is -1.21. The number of carboxylic acids is 1. The van der Waals surface area contributed by atoms with E-state index in [1.165, 1.54) is 0 Å². The topological polar surface area (TPSA) is 66.8 Å². The third-order valence-corrected chi connectivity index (χ3v) is 4.96. The second-order valence-corrected chi connectivity index (χ2v) is 6.06. The number of aliphatic carboxylic acids is 1. The first-order valence-corrected chi connectivity index (χ1v) is 7.61. The van der Waals surface area contributed by atoms with Gasteiger partial charge in [0.1, 0.15) is 0 Å². The lowest BCUT2D eigenvalue weighted by Gasteiger charge is -2.33. The minimum atomic E-state index is -0.814. The summed E-state index contributed by atoms with van der Waals surface area (Å²) in [6.45, 7) is 3.45. The minimum Gasteiger partial charge on any atom is -0.481 e. The Kier molecular flexibility index (Phi) is 5.02. The van der Waals surface area contributed by atoms with E-state index in [2.05, 4.69) is 6.92 Å². The number of carboxylic acid groups (broad SMARTS) is 1. The van der Waals surface area contributed by atoms with Gasteiger partial charge in [-0.05, 0) is 31.6 Å². The normalized spacial score (nSPS) is 31.5. The number of piperidine rings is 1. The highest BCUT2D eigenvalue weighted by Gasteiger charge is 2.44. The Morgan fingerprint density at radius 2 is 1.80 bits per heavy atom. The Bertz CT molecular complexity index is 363. The Morgan fingerprint density at radius 1 is 1.20 bits per heavy atom. The molecule has 5 heteroatoms. The lowest BCUT2D eigenvalue weighted by atomic mass is 9.93. The molecule has 1 heterocycles. The van der Waals surface area contributed by atoms with Gasteiger partial charge in [-0.25, -0.2) is 0 Å². The summed E-state index contributed by atoms with van der Waals surface area (Å²) < 4.78 is 5.31. The predicted octanol–water partition coefficient (Wildman–Crippen LogP) is 1.76. The van der Waals surface area contributed by atoms with Crippen molar-refractivity contribution in [3.05, 3.63) is 0 Å². The number of hydrogen-bond acceptors (Lipinski definition) is 3. The Hall–Kier alpha value is -1.10. The molecule has 1 saturated carbocycles. The van der Waals surface area contributed by atoms with Crippen LogP contribution in [0.5, 0.6) is 0 Å². The number of carbonyl (C=O) groups excluding carboxylic acids is 1. The molecule has 0 bridgehead atoms. The van der Waals surface area contributed by atoms with Crippen LogP contribution in [0.3, 0.4) is 0 Å². The molecule has 5 nitrogen and oxygen atoms in total. The average molecular weight is 283 g/mol. The number of nitrogens with zero attached hydrogens (tertiary/aromatic N) is 1. The molecule has 1 aliphatic carbocycles. The van der Waals surface area contributed by atoms with Crippen LogP contribution in [0.2, 0.25) is 0 Å². The monoisotopic (exact) mass is 283 g/mol. The van der Waals surface area contributed by atoms with Crippen molar-refractivity contribution >= 4 is 11.9 Å². The second-order valence-electron chi connectivity index (χ2n) is 6.06. The van der Waals surface area contributed by atoms with Crippen LogP contribution in [0.4, 0.5) is 0 Å². The molecule has 1 N–H and O–H groups in total. The van der Waals surface area contributed by atoms with E-state index in [4.69, 9.17) is 4.74 Å². The van der Waals surface area contributed by atoms with Gasteiger partial charge in [-0.1, -0.05) is 13.3 Å². The molecule has 0 aromatic rings. The summed E-state index contributed by atoms with van der Waals surface area (Å²) >= 11 is 0. The van der Waals surface area contributed by atoms with Gasteiger partial charge in [-0.2, -0.15) is 0 Å². The fourth-order valence-electron chi connectivity index (χ4n) is 3.57. The zero-order valence-corrected chi connectivity index (χ0v) is 12.4. The van der Waals surface area contributed by atoms with E-state index in [9.17, 15) is 14.7 Å². The van der Waals surface area contributed by atoms with Gasteiger partial charge in [0.05, 0.1) is 17.9 Å². The second kappa shape index (κ2) is 6.57. The molecule has 0 aromatic heterocycles. The average Bonchev–Trinajstić information content (AvgIpc) is 2.91. The molecule has 114 valence electrons. The fourth-order valence-corrected chi connectivity index (χ4v) is 3.57. The van der Waals surface area contributed by atoms with Crippen molar-refractivity contribution in [2.24, 2.45) is 17.8 Å². The molecule has 1 aliphatic heterocycles. The highest BCUT2D eigenvalue weighted by molar-refractivity contribution is 5.85. The summed E-state index contributed by atoms with van der Waals surface area (Å²) in [4.78, 5) is 25.8. The maximum Gasteiger partial charge on any atom is 0.307 e. The van der Waals surface area contributed by atoms with E-state index in [1.54, 1.807) is 7.11 Å². The molecule has 2 fully saturated rings. The van der Waals surface area contributed by atoms with Gasteiger partial charge in [-0.3, -0.25) is 9.59 Å². The molecule has 0 aromatic carbocycles. The molecule has 1 amide bonds. The summed E-state index contributed by atoms with van der Waals surface area (Å²) in [5.41, 5.74) is 0. The van der Waals surface area contributed by atoms with Crippen LogP contribution in [0, 0.1) is 17.8 Å². The quantitative estimate of drug-likeness (QED) is 0.853. The summed E-state index contributed by atoms with van der Waals surface area (Å²) in [7, 11) is 1.70. The number of likely N-dealkylation sites (tertiary alicyclic amines) is 1. The first kappa shape index (κ1) is 15.3. The van der Waals surface area contributed by atoms with Crippen molar-refractivity contribution in [1.82, 2.24) is 4.90 Å². The van der Waals surface area contributed by atoms with E-state index in [0.29, 0.717) is 25.4 Å². The number of carbonyl (C=O) groups is 2. The number of hydrogen-bond donors (Lipinski definition) is 1. The molecule has 1 saturated heterocycles. The standard InChI is InChI=1S/C15H25NO4/c1-3-10-8-12(13(9-10)15(18)19)14(17)16-6-4-11(20-2)5-7-16/h10-13H,3-9H2,1-2H3,(H,18,19)/t10?,12-,13+/m0/s1. The van der Waals surface area contributed by atoms with Crippen LogP contribution in [-0.2, 0) is 14.3 Å². The molecular weight excluding hydrogens is 258 g/mol. The van der Waals surface area contributed by atoms with Crippen molar-refractivity contribution in [2.75, 3.05) is 20.2 Å². The number of rotatable bonds is 4. The third kappa shape index (κ3) is 3.14. The Morgan fingerprint density at radius 3 is 2.30 bits per heavy atom. The lowest BCUT2D eigenvalue weighted by Crippen LogP contribution is -2.45. The van der Waals surface area contributed by atoms with Crippen LogP contribution in [-0.4, -0.2) is 48.2 Å². The molecule has 0 spiro atoms. The van der Waals surface area contributed by atoms with Gasteiger partial charge in [-0.15, -0.1) is 0 Å². The lowest BCUT2D eigenvalue weighted by molar-refractivity contribution is -0.150. The maximum absolute atomic E-state index is 12.6. The third-order valence-electron chi connectivity index (χ3n) is 4.96. The van der Waals surface area contributed by atoms with Crippen molar-refractivity contribution < 1.29 is 19.4 Å². The summed E-state index contributed by atoms with van der Waals surface area (Å²) in [6.07, 6.45) is 4.28. The number of ether oxygens (including phenoxy) is 1. The molecule has 2 rings (SSSR count). The van der Waals surface area contributed by atoms with Crippen LogP contribution in [0.25, 0.3) is 0 Å². The van der Waals surface area contributed by atoms with Gasteiger partial charge in [0, 0.05) is 20.2 Å². The Labute approximate surface area is 120 Å². The molecule has 20 heavy (non-hydrogen) atoms. The van der Waals surface area contributed by atoms with E-state index in [0.717, 1.165) is 25.7 Å².